The summed E-state index contributed by atoms with van der Waals surface area (Å²) in [4.78, 5) is 6.96. The fourth-order valence-corrected chi connectivity index (χ4v) is 2.97. The minimum atomic E-state index is 0. The molecule has 1 aromatic carbocycles. The zero-order chi connectivity index (χ0) is 20.4. The van der Waals surface area contributed by atoms with Crippen molar-refractivity contribution in [1.29, 1.82) is 0 Å². The van der Waals surface area contributed by atoms with Gasteiger partial charge in [0.05, 0.1) is 26.8 Å². The van der Waals surface area contributed by atoms with Crippen molar-refractivity contribution in [2.24, 2.45) is 4.99 Å². The van der Waals surface area contributed by atoms with Crippen LogP contribution in [0.1, 0.15) is 18.5 Å². The second-order valence-electron chi connectivity index (χ2n) is 6.66. The van der Waals surface area contributed by atoms with E-state index in [-0.39, 0.29) is 30.0 Å². The molecule has 0 spiro atoms. The van der Waals surface area contributed by atoms with E-state index < -0.39 is 0 Å². The molecule has 0 bridgehead atoms. The van der Waals surface area contributed by atoms with Crippen LogP contribution >= 0.6 is 24.0 Å². The molecule has 162 valence electrons. The molecule has 29 heavy (non-hydrogen) atoms. The lowest BCUT2D eigenvalue weighted by Crippen LogP contribution is -2.39. The highest BCUT2D eigenvalue weighted by Crippen LogP contribution is 2.31. The van der Waals surface area contributed by atoms with Gasteiger partial charge in [0.15, 0.2) is 17.5 Å². The first-order chi connectivity index (χ1) is 13.6. The predicted molar refractivity (Wildman–Crippen MR) is 130 cm³/mol. The molecule has 0 amide bonds. The maximum Gasteiger partial charge on any atom is 0.191 e. The first kappa shape index (κ1) is 25.1. The summed E-state index contributed by atoms with van der Waals surface area (Å²) in [7, 11) is 7.42. The molecule has 2 aromatic rings. The molecule has 0 aliphatic rings. The molecule has 0 aliphatic heterocycles. The van der Waals surface area contributed by atoms with Crippen molar-refractivity contribution in [3.8, 4) is 11.5 Å². The van der Waals surface area contributed by atoms with Crippen LogP contribution in [-0.2, 0) is 6.54 Å². The number of ether oxygens (including phenoxy) is 2. The number of aromatic nitrogens is 1. The molecule has 1 unspecified atom stereocenters. The number of guanidine groups is 1. The van der Waals surface area contributed by atoms with Crippen molar-refractivity contribution < 1.29 is 9.47 Å². The molecular weight excluding hydrogens is 481 g/mol. The largest absolute Gasteiger partial charge is 0.493 e. The number of methoxy groups -OCH3 is 2. The Balaban J connectivity index is 0.00000420. The fraction of sp³-hybridized carbons (Fsp3) is 0.476. The lowest BCUT2D eigenvalue weighted by atomic mass is 10.1. The average molecular weight is 515 g/mol. The SMILES string of the molecule is CCNC(=NCC(c1ccc(OC)c(OC)c1)N(C)C)NCCn1cccc1.I. The van der Waals surface area contributed by atoms with Gasteiger partial charge in [0.2, 0.25) is 0 Å². The summed E-state index contributed by atoms with van der Waals surface area (Å²) in [5, 5.41) is 6.72. The van der Waals surface area contributed by atoms with Gasteiger partial charge in [0.25, 0.3) is 0 Å². The molecular formula is C21H34IN5O2. The smallest absolute Gasteiger partial charge is 0.191 e. The number of hydrogen-bond donors (Lipinski definition) is 2. The summed E-state index contributed by atoms with van der Waals surface area (Å²) in [5.74, 6) is 2.28. The van der Waals surface area contributed by atoms with Crippen LogP contribution in [0.2, 0.25) is 0 Å². The van der Waals surface area contributed by atoms with Crippen molar-refractivity contribution in [3.05, 3.63) is 48.3 Å². The number of halogens is 1. The molecule has 0 radical (unpaired) electrons. The second-order valence-corrected chi connectivity index (χ2v) is 6.66. The monoisotopic (exact) mass is 515 g/mol. The van der Waals surface area contributed by atoms with E-state index in [1.807, 2.05) is 24.3 Å². The second kappa shape index (κ2) is 13.3. The van der Waals surface area contributed by atoms with Crippen LogP contribution in [0.15, 0.2) is 47.7 Å². The van der Waals surface area contributed by atoms with Crippen LogP contribution < -0.4 is 20.1 Å². The van der Waals surface area contributed by atoms with Crippen molar-refractivity contribution in [2.75, 3.05) is 47.9 Å². The van der Waals surface area contributed by atoms with Gasteiger partial charge in [0.1, 0.15) is 0 Å². The summed E-state index contributed by atoms with van der Waals surface area (Å²) < 4.78 is 12.9. The molecule has 2 rings (SSSR count). The summed E-state index contributed by atoms with van der Waals surface area (Å²) >= 11 is 0. The van der Waals surface area contributed by atoms with E-state index in [1.165, 1.54) is 0 Å². The van der Waals surface area contributed by atoms with E-state index >= 15 is 0 Å². The third-order valence-electron chi connectivity index (χ3n) is 4.51. The highest BCUT2D eigenvalue weighted by molar-refractivity contribution is 14.0. The lowest BCUT2D eigenvalue weighted by Gasteiger charge is -2.24. The Bertz CT molecular complexity index is 735. The molecule has 1 atom stereocenters. The fourth-order valence-electron chi connectivity index (χ4n) is 2.97. The number of aliphatic imine (C=N–C) groups is 1. The van der Waals surface area contributed by atoms with Crippen LogP contribution in [0.3, 0.4) is 0 Å². The molecule has 0 saturated heterocycles. The highest BCUT2D eigenvalue weighted by Gasteiger charge is 2.16. The van der Waals surface area contributed by atoms with Crippen molar-refractivity contribution in [2.45, 2.75) is 19.5 Å². The normalized spacial score (nSPS) is 12.3. The van der Waals surface area contributed by atoms with Gasteiger partial charge in [-0.15, -0.1) is 24.0 Å². The molecule has 8 heteroatoms. The Morgan fingerprint density at radius 3 is 2.38 bits per heavy atom. The van der Waals surface area contributed by atoms with Crippen LogP contribution in [-0.4, -0.2) is 63.4 Å². The Morgan fingerprint density at radius 1 is 1.10 bits per heavy atom. The number of hydrogen-bond acceptors (Lipinski definition) is 4. The van der Waals surface area contributed by atoms with Crippen molar-refractivity contribution >= 4 is 29.9 Å². The number of nitrogens with one attached hydrogen (secondary N) is 2. The molecule has 2 N–H and O–H groups in total. The van der Waals surface area contributed by atoms with Crippen LogP contribution in [0, 0.1) is 0 Å². The van der Waals surface area contributed by atoms with Crippen LogP contribution in [0.5, 0.6) is 11.5 Å². The Labute approximate surface area is 191 Å². The summed E-state index contributed by atoms with van der Waals surface area (Å²) in [6, 6.07) is 10.2. The minimum Gasteiger partial charge on any atom is -0.493 e. The first-order valence-electron chi connectivity index (χ1n) is 9.60. The average Bonchev–Trinajstić information content (AvgIpc) is 3.21. The molecule has 0 aliphatic carbocycles. The van der Waals surface area contributed by atoms with Gasteiger partial charge >= 0.3 is 0 Å². The van der Waals surface area contributed by atoms with E-state index in [1.54, 1.807) is 14.2 Å². The Hall–Kier alpha value is -1.94. The van der Waals surface area contributed by atoms with Crippen LogP contribution in [0.25, 0.3) is 0 Å². The van der Waals surface area contributed by atoms with Gasteiger partial charge in [-0.2, -0.15) is 0 Å². The lowest BCUT2D eigenvalue weighted by molar-refractivity contribution is 0.303. The third-order valence-corrected chi connectivity index (χ3v) is 4.51. The number of rotatable bonds is 10. The molecule has 0 saturated carbocycles. The van der Waals surface area contributed by atoms with E-state index in [0.29, 0.717) is 6.54 Å². The van der Waals surface area contributed by atoms with E-state index in [2.05, 4.69) is 59.6 Å². The molecule has 1 heterocycles. The van der Waals surface area contributed by atoms with Gasteiger partial charge in [-0.05, 0) is 50.8 Å². The number of nitrogens with zero attached hydrogens (tertiary/aromatic N) is 3. The zero-order valence-corrected chi connectivity index (χ0v) is 20.3. The van der Waals surface area contributed by atoms with Gasteiger partial charge in [-0.1, -0.05) is 6.07 Å². The van der Waals surface area contributed by atoms with Crippen molar-refractivity contribution in [1.82, 2.24) is 20.1 Å². The van der Waals surface area contributed by atoms with E-state index in [4.69, 9.17) is 14.5 Å². The molecule has 0 fully saturated rings. The van der Waals surface area contributed by atoms with Gasteiger partial charge < -0.3 is 29.6 Å². The number of benzene rings is 1. The summed E-state index contributed by atoms with van der Waals surface area (Å²) in [6.07, 6.45) is 4.12. The van der Waals surface area contributed by atoms with Crippen LogP contribution in [0.4, 0.5) is 0 Å². The Kier molecular flexibility index (Phi) is 11.5. The zero-order valence-electron chi connectivity index (χ0n) is 18.0. The quantitative estimate of drug-likeness (QED) is 0.290. The van der Waals surface area contributed by atoms with E-state index in [0.717, 1.165) is 42.7 Å². The van der Waals surface area contributed by atoms with Crippen molar-refractivity contribution in [3.63, 3.8) is 0 Å². The topological polar surface area (TPSA) is 63.1 Å². The first-order valence-corrected chi connectivity index (χ1v) is 9.60. The maximum atomic E-state index is 5.45. The Morgan fingerprint density at radius 2 is 1.79 bits per heavy atom. The highest BCUT2D eigenvalue weighted by atomic mass is 127. The standard InChI is InChI=1S/C21H33N5O2.HI/c1-6-22-21(23-11-14-26-12-7-8-13-26)24-16-18(25(2)3)17-9-10-19(27-4)20(15-17)28-5;/h7-10,12-13,15,18H,6,11,14,16H2,1-5H3,(H2,22,23,24);1H. The number of likely N-dealkylation sites (N-methyl/N-ethyl adjacent to an activating group) is 1. The maximum absolute atomic E-state index is 5.45. The summed E-state index contributed by atoms with van der Waals surface area (Å²) in [6.45, 7) is 5.22. The van der Waals surface area contributed by atoms with Gasteiger partial charge in [-0.25, -0.2) is 0 Å². The van der Waals surface area contributed by atoms with E-state index in [9.17, 15) is 0 Å². The predicted octanol–water partition coefficient (Wildman–Crippen LogP) is 2.98. The van der Waals surface area contributed by atoms with Gasteiger partial charge in [0, 0.05) is 32.0 Å². The molecule has 7 nitrogen and oxygen atoms in total. The third kappa shape index (κ3) is 7.77. The van der Waals surface area contributed by atoms with Gasteiger partial charge in [-0.3, -0.25) is 4.99 Å². The molecule has 1 aromatic heterocycles. The summed E-state index contributed by atoms with van der Waals surface area (Å²) in [5.41, 5.74) is 1.13. The minimum absolute atomic E-state index is 0.